The number of nitrogens with one attached hydrogen (secondary N) is 1. The standard InChI is InChI=1S/C24H36N4O3/c1-5-6-15-27(18-21-12-9-14-26(21)3)23(29)19-28(16-10-17-31-4)24(30)25-22-13-8-7-11-20(22)2/h7-9,11-14H,5-6,10,15-19H2,1-4H3,(H,25,30). The maximum absolute atomic E-state index is 13.2. The van der Waals surface area contributed by atoms with Crippen molar-refractivity contribution < 1.29 is 14.3 Å². The topological polar surface area (TPSA) is 66.8 Å². The Balaban J connectivity index is 2.11. The van der Waals surface area contributed by atoms with Gasteiger partial charge in [0.15, 0.2) is 0 Å². The molecule has 7 heteroatoms. The molecule has 0 atom stereocenters. The van der Waals surface area contributed by atoms with E-state index < -0.39 is 0 Å². The lowest BCUT2D eigenvalue weighted by Crippen LogP contribution is -2.45. The van der Waals surface area contributed by atoms with Crippen LogP contribution in [0.25, 0.3) is 0 Å². The van der Waals surface area contributed by atoms with Crippen molar-refractivity contribution in [2.75, 3.05) is 38.7 Å². The molecule has 7 nitrogen and oxygen atoms in total. The predicted octanol–water partition coefficient (Wildman–Crippen LogP) is 4.03. The van der Waals surface area contributed by atoms with Gasteiger partial charge >= 0.3 is 6.03 Å². The summed E-state index contributed by atoms with van der Waals surface area (Å²) in [4.78, 5) is 29.7. The fourth-order valence-corrected chi connectivity index (χ4v) is 3.32. The zero-order chi connectivity index (χ0) is 22.6. The Morgan fingerprint density at radius 1 is 1.06 bits per heavy atom. The monoisotopic (exact) mass is 428 g/mol. The number of aromatic nitrogens is 1. The number of ether oxygens (including phenoxy) is 1. The van der Waals surface area contributed by atoms with E-state index in [2.05, 4.69) is 12.2 Å². The highest BCUT2D eigenvalue weighted by molar-refractivity contribution is 5.93. The molecule has 0 aliphatic heterocycles. The molecule has 1 N–H and O–H groups in total. The van der Waals surface area contributed by atoms with Gasteiger partial charge in [-0.05, 0) is 43.5 Å². The van der Waals surface area contributed by atoms with E-state index in [1.54, 1.807) is 12.0 Å². The molecule has 1 aromatic heterocycles. The van der Waals surface area contributed by atoms with E-state index in [1.165, 1.54) is 0 Å². The van der Waals surface area contributed by atoms with E-state index in [0.717, 1.165) is 29.8 Å². The third-order valence-corrected chi connectivity index (χ3v) is 5.31. The maximum atomic E-state index is 13.2. The minimum absolute atomic E-state index is 0.0373. The molecule has 2 rings (SSSR count). The molecule has 1 heterocycles. The Labute approximate surface area is 186 Å². The molecule has 170 valence electrons. The van der Waals surface area contributed by atoms with Crippen LogP contribution in [0.4, 0.5) is 10.5 Å². The number of nitrogens with zero attached hydrogens (tertiary/aromatic N) is 3. The molecule has 0 unspecified atom stereocenters. The van der Waals surface area contributed by atoms with Crippen molar-refractivity contribution in [3.05, 3.63) is 53.9 Å². The zero-order valence-electron chi connectivity index (χ0n) is 19.3. The molecule has 0 aliphatic carbocycles. The summed E-state index contributed by atoms with van der Waals surface area (Å²) in [5.74, 6) is -0.0491. The number of methoxy groups -OCH3 is 1. The number of carbonyl (C=O) groups excluding carboxylic acids is 2. The van der Waals surface area contributed by atoms with E-state index in [-0.39, 0.29) is 18.5 Å². The van der Waals surface area contributed by atoms with Crippen molar-refractivity contribution in [1.82, 2.24) is 14.4 Å². The normalized spacial score (nSPS) is 10.7. The molecule has 3 amide bonds. The van der Waals surface area contributed by atoms with Gasteiger partial charge in [-0.25, -0.2) is 4.79 Å². The molecule has 0 radical (unpaired) electrons. The highest BCUT2D eigenvalue weighted by Crippen LogP contribution is 2.15. The summed E-state index contributed by atoms with van der Waals surface area (Å²) in [6.07, 6.45) is 4.57. The van der Waals surface area contributed by atoms with Gasteiger partial charge in [0.1, 0.15) is 6.54 Å². The van der Waals surface area contributed by atoms with E-state index in [9.17, 15) is 9.59 Å². The molecule has 0 aliphatic rings. The minimum Gasteiger partial charge on any atom is -0.385 e. The first kappa shape index (κ1) is 24.5. The van der Waals surface area contributed by atoms with E-state index in [4.69, 9.17) is 4.74 Å². The Morgan fingerprint density at radius 2 is 1.81 bits per heavy atom. The first-order valence-electron chi connectivity index (χ1n) is 10.9. The van der Waals surface area contributed by atoms with Crippen LogP contribution in [0.1, 0.15) is 37.4 Å². The molecule has 0 bridgehead atoms. The molecule has 1 aromatic carbocycles. The van der Waals surface area contributed by atoms with Crippen LogP contribution < -0.4 is 5.32 Å². The Bertz CT molecular complexity index is 834. The van der Waals surface area contributed by atoms with Gasteiger partial charge in [-0.1, -0.05) is 31.5 Å². The predicted molar refractivity (Wildman–Crippen MR) is 124 cm³/mol. The van der Waals surface area contributed by atoms with Gasteiger partial charge in [-0.2, -0.15) is 0 Å². The zero-order valence-corrected chi connectivity index (χ0v) is 19.3. The Morgan fingerprint density at radius 3 is 2.45 bits per heavy atom. The Hall–Kier alpha value is -2.80. The van der Waals surface area contributed by atoms with E-state index in [1.807, 2.05) is 66.0 Å². The van der Waals surface area contributed by atoms with E-state index >= 15 is 0 Å². The molecule has 0 spiro atoms. The van der Waals surface area contributed by atoms with E-state index in [0.29, 0.717) is 32.7 Å². The lowest BCUT2D eigenvalue weighted by molar-refractivity contribution is -0.132. The van der Waals surface area contributed by atoms with Gasteiger partial charge in [-0.3, -0.25) is 4.79 Å². The van der Waals surface area contributed by atoms with Crippen molar-refractivity contribution in [1.29, 1.82) is 0 Å². The summed E-state index contributed by atoms with van der Waals surface area (Å²) >= 11 is 0. The summed E-state index contributed by atoms with van der Waals surface area (Å²) in [5, 5.41) is 2.95. The maximum Gasteiger partial charge on any atom is 0.322 e. The fraction of sp³-hybridized carbons (Fsp3) is 0.500. The highest BCUT2D eigenvalue weighted by Gasteiger charge is 2.22. The average Bonchev–Trinajstić information content (AvgIpc) is 3.16. The third-order valence-electron chi connectivity index (χ3n) is 5.31. The second-order valence-corrected chi connectivity index (χ2v) is 7.79. The molecule has 0 fully saturated rings. The number of anilines is 1. The number of carbonyl (C=O) groups is 2. The summed E-state index contributed by atoms with van der Waals surface area (Å²) in [6.45, 7) is 6.28. The number of hydrogen-bond acceptors (Lipinski definition) is 3. The average molecular weight is 429 g/mol. The number of hydrogen-bond donors (Lipinski definition) is 1. The lowest BCUT2D eigenvalue weighted by atomic mass is 10.2. The summed E-state index contributed by atoms with van der Waals surface area (Å²) in [6, 6.07) is 11.4. The van der Waals surface area contributed by atoms with Gasteiger partial charge in [0.2, 0.25) is 5.91 Å². The second kappa shape index (κ2) is 12.8. The number of aryl methyl sites for hydroxylation is 2. The number of unbranched alkanes of at least 4 members (excludes halogenated alkanes) is 1. The number of benzene rings is 1. The summed E-state index contributed by atoms with van der Waals surface area (Å²) in [7, 11) is 3.61. The van der Waals surface area contributed by atoms with Crippen molar-refractivity contribution in [3.63, 3.8) is 0 Å². The largest absolute Gasteiger partial charge is 0.385 e. The highest BCUT2D eigenvalue weighted by atomic mass is 16.5. The molecule has 0 saturated heterocycles. The quantitative estimate of drug-likeness (QED) is 0.519. The molecular weight excluding hydrogens is 392 g/mol. The molecule has 2 aromatic rings. The molecule has 31 heavy (non-hydrogen) atoms. The minimum atomic E-state index is -0.270. The van der Waals surface area contributed by atoms with Crippen molar-refractivity contribution >= 4 is 17.6 Å². The van der Waals surface area contributed by atoms with Gasteiger partial charge in [0, 0.05) is 51.4 Å². The smallest absolute Gasteiger partial charge is 0.322 e. The van der Waals surface area contributed by atoms with Gasteiger partial charge < -0.3 is 24.4 Å². The lowest BCUT2D eigenvalue weighted by Gasteiger charge is -2.28. The first-order valence-corrected chi connectivity index (χ1v) is 10.9. The van der Waals surface area contributed by atoms with Gasteiger partial charge in [0.25, 0.3) is 0 Å². The van der Waals surface area contributed by atoms with Crippen LogP contribution in [0.2, 0.25) is 0 Å². The van der Waals surface area contributed by atoms with Crippen LogP contribution in [-0.4, -0.2) is 59.7 Å². The summed E-state index contributed by atoms with van der Waals surface area (Å²) in [5.41, 5.74) is 2.80. The molecule has 0 saturated carbocycles. The Kier molecular flexibility index (Phi) is 10.1. The van der Waals surface area contributed by atoms with Crippen molar-refractivity contribution in [3.8, 4) is 0 Å². The first-order chi connectivity index (χ1) is 15.0. The number of urea groups is 1. The SMILES string of the molecule is CCCCN(Cc1cccn1C)C(=O)CN(CCCOC)C(=O)Nc1ccccc1C. The number of amides is 3. The van der Waals surface area contributed by atoms with Crippen molar-refractivity contribution in [2.45, 2.75) is 39.7 Å². The second-order valence-electron chi connectivity index (χ2n) is 7.79. The van der Waals surface area contributed by atoms with Crippen LogP contribution in [0.3, 0.4) is 0 Å². The van der Waals surface area contributed by atoms with Crippen LogP contribution in [0, 0.1) is 6.92 Å². The summed E-state index contributed by atoms with van der Waals surface area (Å²) < 4.78 is 7.16. The van der Waals surface area contributed by atoms with Crippen LogP contribution in [-0.2, 0) is 23.1 Å². The number of para-hydroxylation sites is 1. The van der Waals surface area contributed by atoms with Crippen LogP contribution in [0.5, 0.6) is 0 Å². The van der Waals surface area contributed by atoms with Crippen LogP contribution in [0.15, 0.2) is 42.6 Å². The fourth-order valence-electron chi connectivity index (χ4n) is 3.32. The number of rotatable bonds is 12. The van der Waals surface area contributed by atoms with Crippen molar-refractivity contribution in [2.24, 2.45) is 7.05 Å². The third kappa shape index (κ3) is 7.75. The van der Waals surface area contributed by atoms with Gasteiger partial charge in [0.05, 0.1) is 6.54 Å². The van der Waals surface area contributed by atoms with Crippen LogP contribution >= 0.6 is 0 Å². The molecular formula is C24H36N4O3. The van der Waals surface area contributed by atoms with Gasteiger partial charge in [-0.15, -0.1) is 0 Å².